The molecule has 2 aliphatic rings. The van der Waals surface area contributed by atoms with Crippen molar-refractivity contribution < 1.29 is 9.53 Å². The van der Waals surface area contributed by atoms with E-state index in [0.29, 0.717) is 11.8 Å². The molecule has 5 nitrogen and oxygen atoms in total. The molecule has 1 aliphatic heterocycles. The number of rotatable bonds is 2. The topological polar surface area (TPSA) is 54.5 Å². The molecule has 3 atom stereocenters. The van der Waals surface area contributed by atoms with Crippen molar-refractivity contribution in [2.45, 2.75) is 32.4 Å². The second-order valence-electron chi connectivity index (χ2n) is 6.74. The molecule has 1 saturated carbocycles. The smallest absolute Gasteiger partial charge is 0.407 e. The fourth-order valence-corrected chi connectivity index (χ4v) is 3.16. The first-order valence-corrected chi connectivity index (χ1v) is 7.99. The van der Waals surface area contributed by atoms with Crippen LogP contribution in [0.2, 0.25) is 0 Å². The summed E-state index contributed by atoms with van der Waals surface area (Å²) in [4.78, 5) is 18.5. The average Bonchev–Trinajstić information content (AvgIpc) is 2.83. The van der Waals surface area contributed by atoms with E-state index in [1.165, 1.54) is 0 Å². The minimum Gasteiger partial charge on any atom is -0.444 e. The van der Waals surface area contributed by atoms with Crippen molar-refractivity contribution in [1.82, 2.24) is 10.3 Å². The van der Waals surface area contributed by atoms with E-state index < -0.39 is 5.60 Å². The largest absolute Gasteiger partial charge is 0.444 e. The van der Waals surface area contributed by atoms with Crippen LogP contribution in [0.15, 0.2) is 22.8 Å². The molecule has 1 aromatic heterocycles. The molecule has 1 saturated heterocycles. The molecule has 2 heterocycles. The third-order valence-corrected chi connectivity index (χ3v) is 4.38. The number of pyridine rings is 1. The number of carbonyl (C=O) groups excluding carboxylic acids is 1. The van der Waals surface area contributed by atoms with Crippen molar-refractivity contribution in [1.29, 1.82) is 0 Å². The van der Waals surface area contributed by atoms with Crippen LogP contribution in [0.1, 0.15) is 20.8 Å². The summed E-state index contributed by atoms with van der Waals surface area (Å²) in [6, 6.07) is 4.28. The maximum Gasteiger partial charge on any atom is 0.407 e. The Hall–Kier alpha value is -1.30. The highest BCUT2D eigenvalue weighted by Gasteiger charge is 2.57. The minimum absolute atomic E-state index is 0.256. The number of hydrogen-bond donors (Lipinski definition) is 1. The number of carbonyl (C=O) groups is 1. The average molecular weight is 354 g/mol. The summed E-state index contributed by atoms with van der Waals surface area (Å²) in [5, 5.41) is 2.98. The van der Waals surface area contributed by atoms with E-state index in [9.17, 15) is 4.79 Å². The lowest BCUT2D eigenvalue weighted by Gasteiger charge is -2.23. The van der Waals surface area contributed by atoms with Crippen molar-refractivity contribution in [3.63, 3.8) is 0 Å². The predicted octanol–water partition coefficient (Wildman–Crippen LogP) is 2.80. The minimum atomic E-state index is -0.443. The van der Waals surface area contributed by atoms with Gasteiger partial charge in [-0.05, 0) is 48.8 Å². The normalized spacial score (nSPS) is 27.2. The van der Waals surface area contributed by atoms with Crippen LogP contribution >= 0.6 is 15.9 Å². The zero-order valence-corrected chi connectivity index (χ0v) is 14.1. The van der Waals surface area contributed by atoms with Crippen LogP contribution in [0.3, 0.4) is 0 Å². The summed E-state index contributed by atoms with van der Waals surface area (Å²) in [6.45, 7) is 7.52. The molecule has 3 rings (SSSR count). The molecule has 0 bridgehead atoms. The van der Waals surface area contributed by atoms with Crippen molar-refractivity contribution in [3.8, 4) is 0 Å². The number of alkyl carbamates (subject to hydrolysis) is 1. The van der Waals surface area contributed by atoms with Gasteiger partial charge in [-0.15, -0.1) is 0 Å². The molecule has 1 amide bonds. The predicted molar refractivity (Wildman–Crippen MR) is 84.3 cm³/mol. The number of anilines is 1. The molecule has 1 N–H and O–H groups in total. The van der Waals surface area contributed by atoms with Crippen LogP contribution in [0.5, 0.6) is 0 Å². The summed E-state index contributed by atoms with van der Waals surface area (Å²) in [6.07, 6.45) is 1.51. The molecule has 0 aromatic carbocycles. The van der Waals surface area contributed by atoms with Gasteiger partial charge >= 0.3 is 6.09 Å². The number of halogens is 1. The Morgan fingerprint density at radius 2 is 2.05 bits per heavy atom. The Bertz CT molecular complexity index is 529. The molecule has 1 aliphatic carbocycles. The molecule has 114 valence electrons. The number of nitrogens with one attached hydrogen (secondary N) is 1. The van der Waals surface area contributed by atoms with Gasteiger partial charge in [0, 0.05) is 41.6 Å². The van der Waals surface area contributed by atoms with E-state index in [0.717, 1.165) is 23.4 Å². The van der Waals surface area contributed by atoms with Gasteiger partial charge in [-0.25, -0.2) is 9.78 Å². The van der Waals surface area contributed by atoms with E-state index in [1.54, 1.807) is 0 Å². The van der Waals surface area contributed by atoms with Gasteiger partial charge in [-0.1, -0.05) is 0 Å². The Morgan fingerprint density at radius 1 is 1.38 bits per heavy atom. The van der Waals surface area contributed by atoms with Crippen molar-refractivity contribution in [2.75, 3.05) is 18.0 Å². The first-order valence-electron chi connectivity index (χ1n) is 7.19. The Morgan fingerprint density at radius 3 is 2.57 bits per heavy atom. The summed E-state index contributed by atoms with van der Waals surface area (Å²) in [5.41, 5.74) is -0.443. The first kappa shape index (κ1) is 14.6. The SMILES string of the molecule is CC(C)(C)OC(=O)N[C@H]1[C@@H]2CN(c3ccc(Br)cn3)C[C@@H]21. The first-order chi connectivity index (χ1) is 9.83. The third-order valence-electron chi connectivity index (χ3n) is 3.91. The summed E-state index contributed by atoms with van der Waals surface area (Å²) >= 11 is 3.39. The van der Waals surface area contributed by atoms with Crippen LogP contribution in [-0.2, 0) is 4.74 Å². The third kappa shape index (κ3) is 3.31. The number of fused-ring (bicyclic) bond motifs is 1. The Kier molecular flexibility index (Phi) is 3.59. The molecule has 2 fully saturated rings. The Balaban J connectivity index is 1.50. The van der Waals surface area contributed by atoms with Crippen LogP contribution in [-0.4, -0.2) is 35.8 Å². The van der Waals surface area contributed by atoms with E-state index in [4.69, 9.17) is 4.74 Å². The van der Waals surface area contributed by atoms with Gasteiger partial charge in [0.1, 0.15) is 11.4 Å². The van der Waals surface area contributed by atoms with E-state index in [1.807, 2.05) is 39.1 Å². The lowest BCUT2D eigenvalue weighted by molar-refractivity contribution is 0.0518. The lowest BCUT2D eigenvalue weighted by atomic mass is 10.2. The molecule has 21 heavy (non-hydrogen) atoms. The summed E-state index contributed by atoms with van der Waals surface area (Å²) in [5.74, 6) is 2.03. The monoisotopic (exact) mass is 353 g/mol. The van der Waals surface area contributed by atoms with Crippen molar-refractivity contribution in [3.05, 3.63) is 22.8 Å². The van der Waals surface area contributed by atoms with Crippen LogP contribution in [0, 0.1) is 11.8 Å². The van der Waals surface area contributed by atoms with E-state index in [2.05, 4.69) is 31.1 Å². The zero-order chi connectivity index (χ0) is 15.2. The van der Waals surface area contributed by atoms with Gasteiger partial charge in [-0.3, -0.25) is 0 Å². The van der Waals surface area contributed by atoms with Crippen molar-refractivity contribution in [2.24, 2.45) is 11.8 Å². The molecule has 0 unspecified atom stereocenters. The highest BCUT2D eigenvalue weighted by Crippen LogP contribution is 2.46. The number of amides is 1. The molecule has 1 aromatic rings. The number of nitrogens with zero attached hydrogens (tertiary/aromatic N) is 2. The lowest BCUT2D eigenvalue weighted by Crippen LogP contribution is -2.38. The van der Waals surface area contributed by atoms with Gasteiger partial charge < -0.3 is 15.0 Å². The molecular weight excluding hydrogens is 334 g/mol. The van der Waals surface area contributed by atoms with Gasteiger partial charge in [-0.2, -0.15) is 0 Å². The number of hydrogen-bond acceptors (Lipinski definition) is 4. The fraction of sp³-hybridized carbons (Fsp3) is 0.600. The molecule has 6 heteroatoms. The van der Waals surface area contributed by atoms with Gasteiger partial charge in [0.15, 0.2) is 0 Å². The highest BCUT2D eigenvalue weighted by molar-refractivity contribution is 9.10. The molecule has 0 radical (unpaired) electrons. The second-order valence-corrected chi connectivity index (χ2v) is 7.65. The van der Waals surface area contributed by atoms with Crippen LogP contribution in [0.4, 0.5) is 10.6 Å². The van der Waals surface area contributed by atoms with Gasteiger partial charge in [0.25, 0.3) is 0 Å². The standard InChI is InChI=1S/C15H20BrN3O2/c1-15(2,3)21-14(20)18-13-10-7-19(8-11(10)13)12-5-4-9(16)6-17-12/h4-6,10-11,13H,7-8H2,1-3H3,(H,18,20)/t10-,11+,13+. The van der Waals surface area contributed by atoms with Crippen LogP contribution < -0.4 is 10.2 Å². The van der Waals surface area contributed by atoms with E-state index in [-0.39, 0.29) is 12.1 Å². The maximum absolute atomic E-state index is 11.8. The highest BCUT2D eigenvalue weighted by atomic mass is 79.9. The number of aromatic nitrogens is 1. The zero-order valence-electron chi connectivity index (χ0n) is 12.5. The number of ether oxygens (including phenoxy) is 1. The van der Waals surface area contributed by atoms with Gasteiger partial charge in [0.2, 0.25) is 0 Å². The summed E-state index contributed by atoms with van der Waals surface area (Å²) < 4.78 is 6.28. The summed E-state index contributed by atoms with van der Waals surface area (Å²) in [7, 11) is 0. The Labute approximate surface area is 133 Å². The molecule has 0 spiro atoms. The van der Waals surface area contributed by atoms with Gasteiger partial charge in [0.05, 0.1) is 0 Å². The van der Waals surface area contributed by atoms with Crippen molar-refractivity contribution >= 4 is 27.8 Å². The second kappa shape index (κ2) is 5.16. The number of piperidine rings is 1. The molecular formula is C15H20BrN3O2. The quantitative estimate of drug-likeness (QED) is 0.888. The fourth-order valence-electron chi connectivity index (χ4n) is 2.93. The van der Waals surface area contributed by atoms with Crippen LogP contribution in [0.25, 0.3) is 0 Å². The van der Waals surface area contributed by atoms with E-state index >= 15 is 0 Å². The maximum atomic E-state index is 11.8.